The maximum Gasteiger partial charge on any atom is 0.227 e. The van der Waals surface area contributed by atoms with Crippen LogP contribution in [0.2, 0.25) is 0 Å². The van der Waals surface area contributed by atoms with Crippen LogP contribution >= 0.6 is 11.3 Å². The van der Waals surface area contributed by atoms with E-state index in [0.717, 1.165) is 34.1 Å². The van der Waals surface area contributed by atoms with Gasteiger partial charge in [-0.2, -0.15) is 4.98 Å². The van der Waals surface area contributed by atoms with Crippen LogP contribution < -0.4 is 4.90 Å². The number of carbonyl (C=O) groups excluding carboxylic acids is 1. The predicted octanol–water partition coefficient (Wildman–Crippen LogP) is 2.42. The van der Waals surface area contributed by atoms with Gasteiger partial charge in [-0.1, -0.05) is 16.5 Å². The molecule has 30 heavy (non-hydrogen) atoms. The van der Waals surface area contributed by atoms with E-state index in [1.165, 1.54) is 0 Å². The zero-order chi connectivity index (χ0) is 20.3. The molecule has 5 heterocycles. The van der Waals surface area contributed by atoms with Gasteiger partial charge >= 0.3 is 0 Å². The van der Waals surface area contributed by atoms with Gasteiger partial charge in [-0.3, -0.25) is 9.78 Å². The van der Waals surface area contributed by atoms with Crippen LogP contribution in [0, 0.1) is 0 Å². The van der Waals surface area contributed by atoms with Crippen molar-refractivity contribution in [3.05, 3.63) is 48.7 Å². The molecule has 1 amide bonds. The fourth-order valence-electron chi connectivity index (χ4n) is 3.39. The molecule has 1 aliphatic rings. The zero-order valence-electron chi connectivity index (χ0n) is 16.1. The number of anilines is 1. The molecule has 1 aliphatic heterocycles. The molecule has 9 nitrogen and oxygen atoms in total. The van der Waals surface area contributed by atoms with E-state index in [1.54, 1.807) is 29.9 Å². The molecule has 1 fully saturated rings. The topological polar surface area (TPSA) is 101 Å². The van der Waals surface area contributed by atoms with Crippen LogP contribution in [0.15, 0.2) is 47.4 Å². The highest BCUT2D eigenvalue weighted by Crippen LogP contribution is 2.27. The van der Waals surface area contributed by atoms with E-state index in [-0.39, 0.29) is 5.91 Å². The average molecular weight is 421 g/mol. The Labute approximate surface area is 176 Å². The van der Waals surface area contributed by atoms with Crippen LogP contribution in [0.25, 0.3) is 21.7 Å². The fourth-order valence-corrected chi connectivity index (χ4v) is 4.35. The van der Waals surface area contributed by atoms with E-state index in [4.69, 9.17) is 4.52 Å². The number of aromatic nitrogens is 5. The Morgan fingerprint density at radius 3 is 2.70 bits per heavy atom. The Kier molecular flexibility index (Phi) is 5.06. The molecule has 1 saturated heterocycles. The lowest BCUT2D eigenvalue weighted by molar-refractivity contribution is -0.131. The van der Waals surface area contributed by atoms with Crippen molar-refractivity contribution in [3.63, 3.8) is 0 Å². The van der Waals surface area contributed by atoms with Gasteiger partial charge in [-0.05, 0) is 24.3 Å². The van der Waals surface area contributed by atoms with Crippen LogP contribution in [0.5, 0.6) is 0 Å². The van der Waals surface area contributed by atoms with Crippen LogP contribution in [-0.2, 0) is 11.2 Å². The summed E-state index contributed by atoms with van der Waals surface area (Å²) in [6.45, 7) is 2.87. The Hall–Kier alpha value is -3.40. The number of rotatable bonds is 5. The molecule has 4 aromatic heterocycles. The van der Waals surface area contributed by atoms with E-state index in [2.05, 4.69) is 30.0 Å². The minimum Gasteiger partial charge on any atom is -0.344 e. The second kappa shape index (κ2) is 8.15. The van der Waals surface area contributed by atoms with E-state index in [1.807, 2.05) is 29.2 Å². The quantitative estimate of drug-likeness (QED) is 0.484. The number of nitrogens with zero attached hydrogens (tertiary/aromatic N) is 7. The molecular weight excluding hydrogens is 402 g/mol. The average Bonchev–Trinajstić information content (AvgIpc) is 3.45. The van der Waals surface area contributed by atoms with Gasteiger partial charge in [0.1, 0.15) is 10.3 Å². The molecule has 0 N–H and O–H groups in total. The van der Waals surface area contributed by atoms with E-state index in [9.17, 15) is 4.79 Å². The second-order valence-corrected chi connectivity index (χ2v) is 7.90. The largest absolute Gasteiger partial charge is 0.344 e. The van der Waals surface area contributed by atoms with Crippen molar-refractivity contribution in [3.8, 4) is 11.4 Å². The first-order chi connectivity index (χ1) is 14.8. The third kappa shape index (κ3) is 3.86. The van der Waals surface area contributed by atoms with Crippen molar-refractivity contribution >= 4 is 32.7 Å². The summed E-state index contributed by atoms with van der Waals surface area (Å²) in [5, 5.41) is 4.95. The minimum atomic E-state index is 0.101. The van der Waals surface area contributed by atoms with Gasteiger partial charge < -0.3 is 14.3 Å². The summed E-state index contributed by atoms with van der Waals surface area (Å²) < 4.78 is 5.29. The predicted molar refractivity (Wildman–Crippen MR) is 112 cm³/mol. The number of piperazine rings is 1. The highest BCUT2D eigenvalue weighted by Gasteiger charge is 2.23. The highest BCUT2D eigenvalue weighted by atomic mass is 32.1. The van der Waals surface area contributed by atoms with Gasteiger partial charge in [0.25, 0.3) is 0 Å². The molecule has 0 bridgehead atoms. The van der Waals surface area contributed by atoms with E-state index >= 15 is 0 Å². The first-order valence-electron chi connectivity index (χ1n) is 9.73. The van der Waals surface area contributed by atoms with Gasteiger partial charge in [0.2, 0.25) is 17.6 Å². The molecule has 0 saturated carbocycles. The lowest BCUT2D eigenvalue weighted by Gasteiger charge is -2.34. The number of thiazole rings is 1. The Bertz CT molecular complexity index is 1120. The monoisotopic (exact) mass is 421 g/mol. The first kappa shape index (κ1) is 18.6. The molecule has 0 radical (unpaired) electrons. The number of amides is 1. The zero-order valence-corrected chi connectivity index (χ0v) is 17.0. The van der Waals surface area contributed by atoms with Crippen molar-refractivity contribution < 1.29 is 9.32 Å². The van der Waals surface area contributed by atoms with Gasteiger partial charge in [0.15, 0.2) is 5.13 Å². The molecule has 0 aliphatic carbocycles. The smallest absolute Gasteiger partial charge is 0.227 e. The first-order valence-corrected chi connectivity index (χ1v) is 10.6. The maximum absolute atomic E-state index is 12.6. The maximum atomic E-state index is 12.6. The second-order valence-electron chi connectivity index (χ2n) is 6.94. The van der Waals surface area contributed by atoms with E-state index < -0.39 is 0 Å². The SMILES string of the molecule is O=C(CCc1nc(-c2ccncc2)no1)N1CCN(c2nc3cccnc3s2)CC1. The van der Waals surface area contributed by atoms with Crippen LogP contribution in [0.3, 0.4) is 0 Å². The minimum absolute atomic E-state index is 0.101. The van der Waals surface area contributed by atoms with Gasteiger partial charge in [-0.15, -0.1) is 0 Å². The van der Waals surface area contributed by atoms with Crippen LogP contribution in [0.1, 0.15) is 12.3 Å². The number of carbonyl (C=O) groups is 1. The summed E-state index contributed by atoms with van der Waals surface area (Å²) in [5.74, 6) is 1.08. The fraction of sp³-hybridized carbons (Fsp3) is 0.300. The normalized spacial score (nSPS) is 14.4. The molecular formula is C20H19N7O2S. The van der Waals surface area contributed by atoms with Crippen LogP contribution in [0.4, 0.5) is 5.13 Å². The molecule has 0 aromatic carbocycles. The number of hydrogen-bond acceptors (Lipinski definition) is 9. The molecule has 4 aromatic rings. The number of aryl methyl sites for hydroxylation is 1. The van der Waals surface area contributed by atoms with Gasteiger partial charge in [0, 0.05) is 63.2 Å². The summed E-state index contributed by atoms with van der Waals surface area (Å²) in [4.78, 5) is 35.0. The van der Waals surface area contributed by atoms with Crippen molar-refractivity contribution in [1.82, 2.24) is 30.0 Å². The molecule has 0 atom stereocenters. The lowest BCUT2D eigenvalue weighted by atomic mass is 10.2. The molecule has 0 spiro atoms. The summed E-state index contributed by atoms with van der Waals surface area (Å²) in [6, 6.07) is 7.51. The molecule has 5 rings (SSSR count). The third-order valence-corrected chi connectivity index (χ3v) is 6.06. The Morgan fingerprint density at radius 2 is 1.90 bits per heavy atom. The molecule has 152 valence electrons. The number of hydrogen-bond donors (Lipinski definition) is 0. The highest BCUT2D eigenvalue weighted by molar-refractivity contribution is 7.21. The standard InChI is InChI=1S/C20H19N7O2S/c28-17(4-3-16-24-18(25-29-16)14-5-8-21-9-6-14)26-10-12-27(13-11-26)20-23-15-2-1-7-22-19(15)30-20/h1-2,5-9H,3-4,10-13H2. The molecule has 0 unspecified atom stereocenters. The van der Waals surface area contributed by atoms with Crippen molar-refractivity contribution in [2.75, 3.05) is 31.1 Å². The Balaban J connectivity index is 1.14. The van der Waals surface area contributed by atoms with Crippen molar-refractivity contribution in [1.29, 1.82) is 0 Å². The summed E-state index contributed by atoms with van der Waals surface area (Å²) in [6.07, 6.45) is 5.92. The van der Waals surface area contributed by atoms with Crippen LogP contribution in [-0.4, -0.2) is 62.1 Å². The lowest BCUT2D eigenvalue weighted by Crippen LogP contribution is -2.48. The molecule has 10 heteroatoms. The van der Waals surface area contributed by atoms with Crippen molar-refractivity contribution in [2.45, 2.75) is 12.8 Å². The van der Waals surface area contributed by atoms with Gasteiger partial charge in [-0.25, -0.2) is 9.97 Å². The van der Waals surface area contributed by atoms with E-state index in [0.29, 0.717) is 37.6 Å². The third-order valence-electron chi connectivity index (χ3n) is 5.02. The summed E-state index contributed by atoms with van der Waals surface area (Å²) in [7, 11) is 0. The summed E-state index contributed by atoms with van der Waals surface area (Å²) >= 11 is 1.59. The number of pyridine rings is 2. The number of fused-ring (bicyclic) bond motifs is 1. The summed E-state index contributed by atoms with van der Waals surface area (Å²) in [5.41, 5.74) is 1.76. The Morgan fingerprint density at radius 1 is 1.07 bits per heavy atom. The van der Waals surface area contributed by atoms with Crippen molar-refractivity contribution in [2.24, 2.45) is 0 Å². The van der Waals surface area contributed by atoms with Gasteiger partial charge in [0.05, 0.1) is 0 Å².